The van der Waals surface area contributed by atoms with Gasteiger partial charge in [-0.15, -0.1) is 0 Å². The molecule has 0 amide bonds. The van der Waals surface area contributed by atoms with Crippen LogP contribution in [0.1, 0.15) is 43.5 Å². The molecule has 0 aromatic heterocycles. The van der Waals surface area contributed by atoms with Crippen molar-refractivity contribution in [2.45, 2.75) is 38.6 Å². The van der Waals surface area contributed by atoms with Crippen LogP contribution in [0.15, 0.2) is 78.9 Å². The van der Waals surface area contributed by atoms with Crippen LogP contribution in [0.5, 0.6) is 0 Å². The van der Waals surface area contributed by atoms with Crippen LogP contribution in [-0.4, -0.2) is 19.0 Å². The monoisotopic (exact) mass is 357 g/mol. The Bertz CT molecular complexity index is 855. The molecule has 0 N–H and O–H groups in total. The van der Waals surface area contributed by atoms with E-state index in [1.54, 1.807) is 0 Å². The average molecular weight is 358 g/mol. The van der Waals surface area contributed by atoms with Crippen LogP contribution in [0.25, 0.3) is 11.1 Å². The Hall–Kier alpha value is -2.38. The smallest absolute Gasteiger partial charge is 0.0388 e. The van der Waals surface area contributed by atoms with E-state index in [9.17, 15) is 0 Å². The fourth-order valence-corrected chi connectivity index (χ4v) is 3.60. The van der Waals surface area contributed by atoms with Crippen molar-refractivity contribution in [3.63, 3.8) is 0 Å². The third-order valence-corrected chi connectivity index (χ3v) is 5.28. The van der Waals surface area contributed by atoms with Crippen molar-refractivity contribution in [2.75, 3.05) is 14.1 Å². The van der Waals surface area contributed by atoms with Gasteiger partial charge in [0.1, 0.15) is 0 Å². The van der Waals surface area contributed by atoms with Crippen LogP contribution in [0.3, 0.4) is 0 Å². The van der Waals surface area contributed by atoms with E-state index in [1.807, 2.05) is 0 Å². The summed E-state index contributed by atoms with van der Waals surface area (Å²) in [6, 6.07) is 29.0. The molecule has 1 atom stereocenters. The molecule has 0 aliphatic rings. The molecule has 1 nitrogen and oxygen atoms in total. The lowest BCUT2D eigenvalue weighted by molar-refractivity contribution is 0.298. The third-order valence-electron chi connectivity index (χ3n) is 5.28. The summed E-state index contributed by atoms with van der Waals surface area (Å²) in [4.78, 5) is 2.33. The predicted octanol–water partition coefficient (Wildman–Crippen LogP) is 6.50. The summed E-state index contributed by atoms with van der Waals surface area (Å²) in [7, 11) is 4.35. The van der Waals surface area contributed by atoms with Crippen LogP contribution in [0.4, 0.5) is 0 Å². The fourth-order valence-electron chi connectivity index (χ4n) is 3.60. The van der Waals surface area contributed by atoms with Crippen molar-refractivity contribution in [1.82, 2.24) is 4.90 Å². The number of nitrogens with zero attached hydrogens (tertiary/aromatic N) is 1. The van der Waals surface area contributed by atoms with Gasteiger partial charge in [-0.3, -0.25) is 0 Å². The Labute approximate surface area is 164 Å². The maximum Gasteiger partial charge on any atom is 0.0388 e. The summed E-state index contributed by atoms with van der Waals surface area (Å²) >= 11 is 0. The normalized spacial score (nSPS) is 13.0. The van der Waals surface area contributed by atoms with Gasteiger partial charge in [0.15, 0.2) is 0 Å². The molecule has 3 aromatic carbocycles. The molecule has 3 rings (SSSR count). The van der Waals surface area contributed by atoms with Crippen molar-refractivity contribution >= 4 is 0 Å². The van der Waals surface area contributed by atoms with Gasteiger partial charge >= 0.3 is 0 Å². The highest BCUT2D eigenvalue weighted by Gasteiger charge is 2.19. The second-order valence-corrected chi connectivity index (χ2v) is 8.58. The van der Waals surface area contributed by atoms with Gasteiger partial charge in [-0.1, -0.05) is 99.6 Å². The minimum absolute atomic E-state index is 0.194. The van der Waals surface area contributed by atoms with Gasteiger partial charge in [-0.05, 0) is 53.7 Å². The van der Waals surface area contributed by atoms with E-state index in [4.69, 9.17) is 0 Å². The molecule has 1 heteroatoms. The van der Waals surface area contributed by atoms with Crippen LogP contribution in [0.2, 0.25) is 0 Å². The molecular weight excluding hydrogens is 326 g/mol. The lowest BCUT2D eigenvalue weighted by atomic mass is 9.85. The molecule has 0 saturated heterocycles. The lowest BCUT2D eigenvalue weighted by Gasteiger charge is -2.28. The van der Waals surface area contributed by atoms with E-state index in [-0.39, 0.29) is 5.41 Å². The number of benzene rings is 3. The van der Waals surface area contributed by atoms with Gasteiger partial charge < -0.3 is 4.90 Å². The quantitative estimate of drug-likeness (QED) is 0.504. The first-order chi connectivity index (χ1) is 12.9. The van der Waals surface area contributed by atoms with E-state index in [2.05, 4.69) is 119 Å². The minimum atomic E-state index is 0.194. The molecule has 0 heterocycles. The number of likely N-dealkylation sites (N-methyl/N-ethyl adjacent to an activating group) is 1. The van der Waals surface area contributed by atoms with E-state index < -0.39 is 0 Å². The SMILES string of the molecule is CN(C)C(Cc1ccc(C(C)(C)C)cc1)c1ccccc1-c1ccccc1. The van der Waals surface area contributed by atoms with E-state index in [0.717, 1.165) is 6.42 Å². The maximum absolute atomic E-state index is 2.33. The summed E-state index contributed by atoms with van der Waals surface area (Å²) in [5.74, 6) is 0. The Morgan fingerprint density at radius 2 is 1.33 bits per heavy atom. The lowest BCUT2D eigenvalue weighted by Crippen LogP contribution is -2.23. The Balaban J connectivity index is 1.94. The topological polar surface area (TPSA) is 3.24 Å². The van der Waals surface area contributed by atoms with Crippen LogP contribution in [-0.2, 0) is 11.8 Å². The van der Waals surface area contributed by atoms with Crippen LogP contribution < -0.4 is 0 Å². The third kappa shape index (κ3) is 4.67. The van der Waals surface area contributed by atoms with Crippen LogP contribution in [0, 0.1) is 0 Å². The van der Waals surface area contributed by atoms with Gasteiger partial charge in [0.25, 0.3) is 0 Å². The summed E-state index contributed by atoms with van der Waals surface area (Å²) < 4.78 is 0. The Morgan fingerprint density at radius 3 is 1.93 bits per heavy atom. The first kappa shape index (κ1) is 19.4. The first-order valence-corrected chi connectivity index (χ1v) is 9.76. The average Bonchev–Trinajstić information content (AvgIpc) is 2.66. The van der Waals surface area contributed by atoms with E-state index in [0.29, 0.717) is 6.04 Å². The number of hydrogen-bond acceptors (Lipinski definition) is 1. The molecule has 0 radical (unpaired) electrons. The van der Waals surface area contributed by atoms with Gasteiger partial charge in [-0.2, -0.15) is 0 Å². The zero-order valence-electron chi connectivity index (χ0n) is 17.2. The predicted molar refractivity (Wildman–Crippen MR) is 117 cm³/mol. The van der Waals surface area contributed by atoms with Crippen LogP contribution >= 0.6 is 0 Å². The largest absolute Gasteiger partial charge is 0.302 e. The van der Waals surface area contributed by atoms with Gasteiger partial charge in [0, 0.05) is 6.04 Å². The Kier molecular flexibility index (Phi) is 5.82. The van der Waals surface area contributed by atoms with E-state index in [1.165, 1.54) is 27.8 Å². The second-order valence-electron chi connectivity index (χ2n) is 8.58. The maximum atomic E-state index is 2.33. The second kappa shape index (κ2) is 8.10. The fraction of sp³-hybridized carbons (Fsp3) is 0.308. The molecule has 0 aliphatic carbocycles. The number of rotatable bonds is 5. The summed E-state index contributed by atoms with van der Waals surface area (Å²) in [6.07, 6.45) is 1.00. The van der Waals surface area contributed by atoms with Crippen molar-refractivity contribution in [3.8, 4) is 11.1 Å². The molecule has 1 unspecified atom stereocenters. The van der Waals surface area contributed by atoms with Crippen molar-refractivity contribution < 1.29 is 0 Å². The standard InChI is InChI=1S/C26H31N/c1-26(2,3)22-17-15-20(16-18-22)19-25(27(4)5)24-14-10-9-13-23(24)21-11-7-6-8-12-21/h6-18,25H,19H2,1-5H3. The first-order valence-electron chi connectivity index (χ1n) is 9.76. The summed E-state index contributed by atoms with van der Waals surface area (Å²) in [5, 5.41) is 0. The molecule has 3 aromatic rings. The highest BCUT2D eigenvalue weighted by molar-refractivity contribution is 5.68. The zero-order chi connectivity index (χ0) is 19.4. The minimum Gasteiger partial charge on any atom is -0.302 e. The summed E-state index contributed by atoms with van der Waals surface area (Å²) in [6.45, 7) is 6.79. The molecule has 0 spiro atoms. The molecule has 0 aliphatic heterocycles. The van der Waals surface area contributed by atoms with Crippen molar-refractivity contribution in [3.05, 3.63) is 95.6 Å². The molecule has 0 bridgehead atoms. The molecule has 0 fully saturated rings. The van der Waals surface area contributed by atoms with Gasteiger partial charge in [0.05, 0.1) is 0 Å². The number of hydrogen-bond donors (Lipinski definition) is 0. The van der Waals surface area contributed by atoms with Crippen molar-refractivity contribution in [2.24, 2.45) is 0 Å². The molecular formula is C26H31N. The summed E-state index contributed by atoms with van der Waals surface area (Å²) in [5.41, 5.74) is 6.95. The molecule has 0 saturated carbocycles. The highest BCUT2D eigenvalue weighted by atomic mass is 15.1. The van der Waals surface area contributed by atoms with E-state index >= 15 is 0 Å². The van der Waals surface area contributed by atoms with Crippen molar-refractivity contribution in [1.29, 1.82) is 0 Å². The molecule has 140 valence electrons. The molecule has 27 heavy (non-hydrogen) atoms. The van der Waals surface area contributed by atoms with Gasteiger partial charge in [0.2, 0.25) is 0 Å². The highest BCUT2D eigenvalue weighted by Crippen LogP contribution is 2.33. The van der Waals surface area contributed by atoms with Gasteiger partial charge in [-0.25, -0.2) is 0 Å². The Morgan fingerprint density at radius 1 is 0.741 bits per heavy atom. The zero-order valence-corrected chi connectivity index (χ0v) is 17.2.